The van der Waals surface area contributed by atoms with Crippen LogP contribution in [0.1, 0.15) is 31.2 Å². The van der Waals surface area contributed by atoms with Gasteiger partial charge in [0.1, 0.15) is 0 Å². The molecule has 0 aliphatic rings. The summed E-state index contributed by atoms with van der Waals surface area (Å²) in [5.41, 5.74) is 1.08. The van der Waals surface area contributed by atoms with E-state index in [0.717, 1.165) is 24.8 Å². The molecular formula is C13H19ClO2S. The van der Waals surface area contributed by atoms with E-state index in [0.29, 0.717) is 17.2 Å². The molecule has 0 atom stereocenters. The van der Waals surface area contributed by atoms with E-state index in [1.807, 2.05) is 19.1 Å². The van der Waals surface area contributed by atoms with E-state index in [1.54, 1.807) is 12.1 Å². The molecule has 17 heavy (non-hydrogen) atoms. The third kappa shape index (κ3) is 5.09. The Labute approximate surface area is 109 Å². The Morgan fingerprint density at radius 3 is 2.18 bits per heavy atom. The summed E-state index contributed by atoms with van der Waals surface area (Å²) in [6.45, 7) is 1.95. The maximum Gasteiger partial charge on any atom is 0.178 e. The van der Waals surface area contributed by atoms with E-state index >= 15 is 0 Å². The van der Waals surface area contributed by atoms with Crippen molar-refractivity contribution in [2.75, 3.05) is 11.6 Å². The summed E-state index contributed by atoms with van der Waals surface area (Å²) in [7, 11) is -3.10. The highest BCUT2D eigenvalue weighted by molar-refractivity contribution is 7.91. The van der Waals surface area contributed by atoms with Crippen LogP contribution in [-0.2, 0) is 9.84 Å². The van der Waals surface area contributed by atoms with Gasteiger partial charge in [-0.3, -0.25) is 0 Å². The van der Waals surface area contributed by atoms with E-state index in [1.165, 1.54) is 0 Å². The van der Waals surface area contributed by atoms with Gasteiger partial charge in [0.05, 0.1) is 10.6 Å². The molecular weight excluding hydrogens is 256 g/mol. The molecule has 0 amide bonds. The van der Waals surface area contributed by atoms with Crippen LogP contribution in [0.3, 0.4) is 0 Å². The molecule has 2 nitrogen and oxygen atoms in total. The molecule has 0 aliphatic carbocycles. The van der Waals surface area contributed by atoms with Crippen molar-refractivity contribution in [2.24, 2.45) is 0 Å². The Hall–Kier alpha value is -0.540. The molecule has 0 aliphatic heterocycles. The summed E-state index contributed by atoms with van der Waals surface area (Å²) in [5.74, 6) is 0.892. The van der Waals surface area contributed by atoms with E-state index in [-0.39, 0.29) is 5.75 Å². The zero-order valence-electron chi connectivity index (χ0n) is 10.2. The van der Waals surface area contributed by atoms with Crippen LogP contribution < -0.4 is 0 Å². The fourth-order valence-corrected chi connectivity index (χ4v) is 3.16. The SMILES string of the molecule is Cc1ccc(S(=O)(=O)CCCCCCCl)cc1. The molecule has 0 heterocycles. The minimum atomic E-state index is -3.10. The third-order valence-corrected chi connectivity index (χ3v) is 4.76. The number of rotatable bonds is 7. The van der Waals surface area contributed by atoms with Crippen LogP contribution in [0.5, 0.6) is 0 Å². The number of benzene rings is 1. The molecule has 96 valence electrons. The summed E-state index contributed by atoms with van der Waals surface area (Å²) >= 11 is 5.56. The normalized spacial score (nSPS) is 11.6. The first-order chi connectivity index (χ1) is 8.06. The first-order valence-corrected chi connectivity index (χ1v) is 8.10. The van der Waals surface area contributed by atoms with Crippen molar-refractivity contribution in [3.63, 3.8) is 0 Å². The molecule has 0 radical (unpaired) electrons. The van der Waals surface area contributed by atoms with Gasteiger partial charge in [-0.15, -0.1) is 11.6 Å². The first-order valence-electron chi connectivity index (χ1n) is 5.91. The van der Waals surface area contributed by atoms with Crippen molar-refractivity contribution in [2.45, 2.75) is 37.5 Å². The Bertz CT molecular complexity index is 423. The summed E-state index contributed by atoms with van der Waals surface area (Å²) in [6, 6.07) is 7.04. The van der Waals surface area contributed by atoms with E-state index < -0.39 is 9.84 Å². The average molecular weight is 275 g/mol. The van der Waals surface area contributed by atoms with Crippen LogP contribution in [0.15, 0.2) is 29.2 Å². The zero-order valence-corrected chi connectivity index (χ0v) is 11.7. The van der Waals surface area contributed by atoms with E-state index in [2.05, 4.69) is 0 Å². The summed E-state index contributed by atoms with van der Waals surface area (Å²) < 4.78 is 23.9. The van der Waals surface area contributed by atoms with Crippen molar-refractivity contribution in [1.29, 1.82) is 0 Å². The Balaban J connectivity index is 2.48. The van der Waals surface area contributed by atoms with Gasteiger partial charge < -0.3 is 0 Å². The fourth-order valence-electron chi connectivity index (χ4n) is 1.60. The van der Waals surface area contributed by atoms with Gasteiger partial charge in [0.2, 0.25) is 0 Å². The van der Waals surface area contributed by atoms with Gasteiger partial charge in [-0.05, 0) is 31.9 Å². The molecule has 0 bridgehead atoms. The van der Waals surface area contributed by atoms with Crippen LogP contribution in [-0.4, -0.2) is 20.1 Å². The molecule has 1 aromatic carbocycles. The van der Waals surface area contributed by atoms with Gasteiger partial charge in [-0.2, -0.15) is 0 Å². The minimum Gasteiger partial charge on any atom is -0.224 e. The molecule has 0 fully saturated rings. The lowest BCUT2D eigenvalue weighted by atomic mass is 10.2. The highest BCUT2D eigenvalue weighted by atomic mass is 35.5. The molecule has 0 N–H and O–H groups in total. The third-order valence-electron chi connectivity index (χ3n) is 2.68. The van der Waals surface area contributed by atoms with Gasteiger partial charge in [-0.1, -0.05) is 30.5 Å². The topological polar surface area (TPSA) is 34.1 Å². The second kappa shape index (κ2) is 7.02. The number of alkyl halides is 1. The highest BCUT2D eigenvalue weighted by Crippen LogP contribution is 2.14. The zero-order chi connectivity index (χ0) is 12.7. The number of halogens is 1. The molecule has 1 rings (SSSR count). The van der Waals surface area contributed by atoms with Crippen LogP contribution in [0.2, 0.25) is 0 Å². The average Bonchev–Trinajstić information content (AvgIpc) is 2.29. The predicted octanol–water partition coefficient (Wildman–Crippen LogP) is 3.57. The number of unbranched alkanes of at least 4 members (excludes halogenated alkanes) is 3. The maximum absolute atomic E-state index is 12.0. The Morgan fingerprint density at radius 1 is 1.00 bits per heavy atom. The largest absolute Gasteiger partial charge is 0.224 e. The van der Waals surface area contributed by atoms with Gasteiger partial charge in [0.25, 0.3) is 0 Å². The molecule has 0 aromatic heterocycles. The van der Waals surface area contributed by atoms with Gasteiger partial charge in [0, 0.05) is 5.88 Å². The molecule has 4 heteroatoms. The van der Waals surface area contributed by atoms with Crippen molar-refractivity contribution in [3.05, 3.63) is 29.8 Å². The number of aryl methyl sites for hydroxylation is 1. The first kappa shape index (κ1) is 14.5. The quantitative estimate of drug-likeness (QED) is 0.563. The predicted molar refractivity (Wildman–Crippen MR) is 72.4 cm³/mol. The molecule has 0 unspecified atom stereocenters. The number of hydrogen-bond acceptors (Lipinski definition) is 2. The van der Waals surface area contributed by atoms with Crippen molar-refractivity contribution >= 4 is 21.4 Å². The molecule has 1 aromatic rings. The Morgan fingerprint density at radius 2 is 1.59 bits per heavy atom. The second-order valence-electron chi connectivity index (χ2n) is 4.24. The molecule has 0 saturated carbocycles. The van der Waals surface area contributed by atoms with Crippen LogP contribution in [0.4, 0.5) is 0 Å². The lowest BCUT2D eigenvalue weighted by Crippen LogP contribution is -2.06. The van der Waals surface area contributed by atoms with E-state index in [4.69, 9.17) is 11.6 Å². The minimum absolute atomic E-state index is 0.234. The maximum atomic E-state index is 12.0. The number of hydrogen-bond donors (Lipinski definition) is 0. The fraction of sp³-hybridized carbons (Fsp3) is 0.538. The van der Waals surface area contributed by atoms with Crippen molar-refractivity contribution in [3.8, 4) is 0 Å². The highest BCUT2D eigenvalue weighted by Gasteiger charge is 2.13. The van der Waals surface area contributed by atoms with Crippen LogP contribution in [0.25, 0.3) is 0 Å². The lowest BCUT2D eigenvalue weighted by molar-refractivity contribution is 0.589. The summed E-state index contributed by atoms with van der Waals surface area (Å²) in [5, 5.41) is 0. The van der Waals surface area contributed by atoms with Crippen LogP contribution >= 0.6 is 11.6 Å². The van der Waals surface area contributed by atoms with E-state index in [9.17, 15) is 8.42 Å². The number of sulfone groups is 1. The monoisotopic (exact) mass is 274 g/mol. The second-order valence-corrected chi connectivity index (χ2v) is 6.72. The molecule has 0 spiro atoms. The Kier molecular flexibility index (Phi) is 6.00. The lowest BCUT2D eigenvalue weighted by Gasteiger charge is -2.04. The molecule has 0 saturated heterocycles. The van der Waals surface area contributed by atoms with Gasteiger partial charge >= 0.3 is 0 Å². The standard InChI is InChI=1S/C13H19ClO2S/c1-12-6-8-13(9-7-12)17(15,16)11-5-3-2-4-10-14/h6-9H,2-5,10-11H2,1H3. The van der Waals surface area contributed by atoms with Gasteiger partial charge in [0.15, 0.2) is 9.84 Å². The smallest absolute Gasteiger partial charge is 0.178 e. The summed E-state index contributed by atoms with van der Waals surface area (Å²) in [6.07, 6.45) is 3.62. The summed E-state index contributed by atoms with van der Waals surface area (Å²) in [4.78, 5) is 0.431. The van der Waals surface area contributed by atoms with Crippen molar-refractivity contribution in [1.82, 2.24) is 0 Å². The van der Waals surface area contributed by atoms with Gasteiger partial charge in [-0.25, -0.2) is 8.42 Å². The van der Waals surface area contributed by atoms with Crippen LogP contribution in [0, 0.1) is 6.92 Å². The van der Waals surface area contributed by atoms with Crippen molar-refractivity contribution < 1.29 is 8.42 Å².